The van der Waals surface area contributed by atoms with Crippen LogP contribution >= 0.6 is 0 Å². The Balaban J connectivity index is 1.14. The van der Waals surface area contributed by atoms with Crippen LogP contribution in [0.3, 0.4) is 0 Å². The molecule has 0 saturated carbocycles. The Bertz CT molecular complexity index is 3530. The van der Waals surface area contributed by atoms with Crippen LogP contribution in [0.2, 0.25) is 0 Å². The topological polar surface area (TPSA) is 43.9 Å². The fourth-order valence-corrected chi connectivity index (χ4v) is 8.80. The number of rotatable bonds is 4. The molecule has 0 N–H and O–H groups in total. The summed E-state index contributed by atoms with van der Waals surface area (Å²) in [7, 11) is 0. The molecule has 4 heteroatoms. The molecule has 56 heavy (non-hydrogen) atoms. The lowest BCUT2D eigenvalue weighted by Crippen LogP contribution is -2.04. The Morgan fingerprint density at radius 3 is 1.86 bits per heavy atom. The van der Waals surface area contributed by atoms with Crippen molar-refractivity contribution in [1.82, 2.24) is 14.5 Å². The number of hydrogen-bond acceptors (Lipinski definition) is 3. The molecule has 0 saturated heterocycles. The van der Waals surface area contributed by atoms with Crippen molar-refractivity contribution in [3.63, 3.8) is 0 Å². The summed E-state index contributed by atoms with van der Waals surface area (Å²) >= 11 is 0. The number of para-hydroxylation sites is 4. The summed E-state index contributed by atoms with van der Waals surface area (Å²) < 4.78 is 8.90. The van der Waals surface area contributed by atoms with Gasteiger partial charge in [-0.3, -0.25) is 4.57 Å². The van der Waals surface area contributed by atoms with E-state index in [1.54, 1.807) is 0 Å². The smallest absolute Gasteiger partial charge is 0.235 e. The molecule has 0 unspecified atom stereocenters. The van der Waals surface area contributed by atoms with Gasteiger partial charge in [0.1, 0.15) is 11.2 Å². The van der Waals surface area contributed by atoms with Crippen LogP contribution < -0.4 is 0 Å². The third-order valence-electron chi connectivity index (χ3n) is 11.4. The molecule has 0 aliphatic heterocycles. The van der Waals surface area contributed by atoms with Crippen LogP contribution in [0.5, 0.6) is 0 Å². The van der Waals surface area contributed by atoms with Gasteiger partial charge in [0.05, 0.1) is 22.2 Å². The molecule has 0 fully saturated rings. The minimum absolute atomic E-state index is 0.622. The summed E-state index contributed by atoms with van der Waals surface area (Å²) in [6.45, 7) is 0. The molecule has 0 amide bonds. The van der Waals surface area contributed by atoms with E-state index in [-0.39, 0.29) is 0 Å². The quantitative estimate of drug-likeness (QED) is 0.182. The van der Waals surface area contributed by atoms with Crippen LogP contribution in [0, 0.1) is 0 Å². The highest BCUT2D eigenvalue weighted by Gasteiger charge is 2.22. The van der Waals surface area contributed by atoms with E-state index in [0.717, 1.165) is 82.4 Å². The Hall–Kier alpha value is -7.56. The largest absolute Gasteiger partial charge is 0.455 e. The van der Waals surface area contributed by atoms with Crippen molar-refractivity contribution in [2.75, 3.05) is 0 Å². The SMILES string of the molecule is c1ccc2cc3c(cc2c1)c1cccc(-c2cccc4c2oc2ccccc24)c1n3-c1nc(-c2ccc(-c3cccc4ccccc34)cc2)c2ccccc2n1. The maximum absolute atomic E-state index is 6.63. The van der Waals surface area contributed by atoms with Gasteiger partial charge in [0, 0.05) is 43.6 Å². The van der Waals surface area contributed by atoms with Gasteiger partial charge >= 0.3 is 0 Å². The molecule has 12 rings (SSSR count). The van der Waals surface area contributed by atoms with Gasteiger partial charge in [-0.05, 0) is 56.9 Å². The summed E-state index contributed by atoms with van der Waals surface area (Å²) in [6.07, 6.45) is 0. The van der Waals surface area contributed by atoms with Gasteiger partial charge in [-0.25, -0.2) is 9.97 Å². The van der Waals surface area contributed by atoms with E-state index in [0.29, 0.717) is 5.95 Å². The molecule has 12 aromatic rings. The number of nitrogens with zero attached hydrogens (tertiary/aromatic N) is 3. The molecular weight excluding hydrogens is 683 g/mol. The predicted octanol–water partition coefficient (Wildman–Crippen LogP) is 13.9. The van der Waals surface area contributed by atoms with Crippen LogP contribution in [0.1, 0.15) is 0 Å². The van der Waals surface area contributed by atoms with E-state index >= 15 is 0 Å². The maximum atomic E-state index is 6.63. The summed E-state index contributed by atoms with van der Waals surface area (Å²) in [5.41, 5.74) is 11.1. The van der Waals surface area contributed by atoms with Crippen molar-refractivity contribution in [2.24, 2.45) is 0 Å². The average molecular weight is 714 g/mol. The maximum Gasteiger partial charge on any atom is 0.235 e. The summed E-state index contributed by atoms with van der Waals surface area (Å²) in [5.74, 6) is 0.622. The van der Waals surface area contributed by atoms with E-state index in [1.807, 2.05) is 12.1 Å². The second-order valence-corrected chi connectivity index (χ2v) is 14.5. The lowest BCUT2D eigenvalue weighted by molar-refractivity contribution is 0.670. The highest BCUT2D eigenvalue weighted by Crippen LogP contribution is 2.43. The van der Waals surface area contributed by atoms with E-state index in [9.17, 15) is 0 Å². The highest BCUT2D eigenvalue weighted by molar-refractivity contribution is 6.19. The molecular formula is C52H31N3O. The first-order valence-corrected chi connectivity index (χ1v) is 19.0. The number of benzene rings is 9. The van der Waals surface area contributed by atoms with Gasteiger partial charge in [0.25, 0.3) is 0 Å². The number of furan rings is 1. The zero-order valence-electron chi connectivity index (χ0n) is 30.1. The van der Waals surface area contributed by atoms with E-state index < -0.39 is 0 Å². The minimum atomic E-state index is 0.622. The highest BCUT2D eigenvalue weighted by atomic mass is 16.3. The second kappa shape index (κ2) is 12.0. The molecule has 260 valence electrons. The third kappa shape index (κ3) is 4.60. The molecule has 0 bridgehead atoms. The van der Waals surface area contributed by atoms with E-state index in [1.165, 1.54) is 27.3 Å². The molecule has 3 heterocycles. The minimum Gasteiger partial charge on any atom is -0.455 e. The van der Waals surface area contributed by atoms with Crippen LogP contribution in [-0.4, -0.2) is 14.5 Å². The molecule has 0 atom stereocenters. The standard InChI is InChI=1S/C52H31N3O/c1-2-14-36-31-47-45(30-35(36)13-1)41-21-10-20-40(43-23-11-22-42-39-17-6-8-25-48(39)56-51(42)43)50(41)55(47)52-53-46-24-7-5-18-44(46)49(54-52)34-28-26-33(27-29-34)38-19-9-15-32-12-3-4-16-37(32)38/h1-31H. The Morgan fingerprint density at radius 2 is 1.00 bits per heavy atom. The predicted molar refractivity (Wildman–Crippen MR) is 232 cm³/mol. The van der Waals surface area contributed by atoms with Crippen LogP contribution in [0.25, 0.3) is 116 Å². The third-order valence-corrected chi connectivity index (χ3v) is 11.4. The summed E-state index contributed by atoms with van der Waals surface area (Å²) in [6, 6.07) is 66.7. The molecule has 0 radical (unpaired) electrons. The lowest BCUT2D eigenvalue weighted by atomic mass is 9.96. The summed E-state index contributed by atoms with van der Waals surface area (Å²) in [5, 5.41) is 10.3. The Kier molecular flexibility index (Phi) is 6.60. The number of aromatic nitrogens is 3. The Morgan fingerprint density at radius 1 is 0.393 bits per heavy atom. The zero-order valence-corrected chi connectivity index (χ0v) is 30.1. The van der Waals surface area contributed by atoms with Crippen LogP contribution in [-0.2, 0) is 0 Å². The summed E-state index contributed by atoms with van der Waals surface area (Å²) in [4.78, 5) is 10.9. The van der Waals surface area contributed by atoms with Gasteiger partial charge in [-0.2, -0.15) is 0 Å². The number of fused-ring (bicyclic) bond motifs is 9. The average Bonchev–Trinajstić information content (AvgIpc) is 3.81. The van der Waals surface area contributed by atoms with Crippen molar-refractivity contribution in [3.05, 3.63) is 188 Å². The first-order valence-electron chi connectivity index (χ1n) is 19.0. The molecule has 4 nitrogen and oxygen atoms in total. The first-order chi connectivity index (χ1) is 27.8. The first kappa shape index (κ1) is 30.9. The second-order valence-electron chi connectivity index (χ2n) is 14.5. The van der Waals surface area contributed by atoms with Gasteiger partial charge < -0.3 is 4.42 Å². The van der Waals surface area contributed by atoms with E-state index in [2.05, 4.69) is 180 Å². The lowest BCUT2D eigenvalue weighted by Gasteiger charge is -2.14. The molecule has 0 aliphatic carbocycles. The monoisotopic (exact) mass is 713 g/mol. The van der Waals surface area contributed by atoms with Gasteiger partial charge in [-0.15, -0.1) is 0 Å². The zero-order chi connectivity index (χ0) is 36.7. The molecule has 0 aliphatic rings. The van der Waals surface area contributed by atoms with E-state index in [4.69, 9.17) is 14.4 Å². The number of hydrogen-bond donors (Lipinski definition) is 0. The van der Waals surface area contributed by atoms with Crippen molar-refractivity contribution >= 4 is 76.2 Å². The fraction of sp³-hybridized carbons (Fsp3) is 0. The normalized spacial score (nSPS) is 11.9. The van der Waals surface area contributed by atoms with Crippen molar-refractivity contribution in [2.45, 2.75) is 0 Å². The van der Waals surface area contributed by atoms with Gasteiger partial charge in [0.2, 0.25) is 5.95 Å². The van der Waals surface area contributed by atoms with Crippen molar-refractivity contribution in [3.8, 4) is 39.5 Å². The molecule has 3 aromatic heterocycles. The van der Waals surface area contributed by atoms with Crippen LogP contribution in [0.4, 0.5) is 0 Å². The van der Waals surface area contributed by atoms with Crippen LogP contribution in [0.15, 0.2) is 192 Å². The molecule has 0 spiro atoms. The van der Waals surface area contributed by atoms with Crippen molar-refractivity contribution in [1.29, 1.82) is 0 Å². The Labute approximate surface area is 321 Å². The van der Waals surface area contributed by atoms with Gasteiger partial charge in [0.15, 0.2) is 0 Å². The van der Waals surface area contributed by atoms with Gasteiger partial charge in [-0.1, -0.05) is 164 Å². The molecule has 9 aromatic carbocycles. The van der Waals surface area contributed by atoms with Crippen molar-refractivity contribution < 1.29 is 4.42 Å². The fourth-order valence-electron chi connectivity index (χ4n) is 8.80.